The van der Waals surface area contributed by atoms with Gasteiger partial charge in [-0.2, -0.15) is 0 Å². The maximum Gasteiger partial charge on any atom is 0.511 e. The van der Waals surface area contributed by atoms with Crippen molar-refractivity contribution in [2.75, 3.05) is 5.73 Å². The summed E-state index contributed by atoms with van der Waals surface area (Å²) in [5, 5.41) is 18.6. The van der Waals surface area contributed by atoms with Crippen LogP contribution in [0.4, 0.5) is 16.2 Å². The molecule has 0 radical (unpaired) electrons. The van der Waals surface area contributed by atoms with Crippen molar-refractivity contribution in [1.29, 1.82) is 0 Å². The SMILES string of the molecule is Nc1ccc(OC(=O)O)cc1[N+](=O)[O-]. The number of nitro groups is 1. The standard InChI is InChI=1S/C7H6N2O5/c8-5-2-1-4(14-7(10)11)3-6(5)9(12)13/h1-3H,8H2,(H,10,11). The number of anilines is 1. The number of rotatable bonds is 2. The van der Waals surface area contributed by atoms with Crippen LogP contribution < -0.4 is 10.5 Å². The number of nitrogens with zero attached hydrogens (tertiary/aromatic N) is 1. The molecule has 0 fully saturated rings. The Kier molecular flexibility index (Phi) is 2.52. The molecule has 0 amide bonds. The summed E-state index contributed by atoms with van der Waals surface area (Å²) in [5.41, 5.74) is 4.84. The molecule has 1 aromatic carbocycles. The van der Waals surface area contributed by atoms with Crippen molar-refractivity contribution in [1.82, 2.24) is 0 Å². The Morgan fingerprint density at radius 1 is 1.57 bits per heavy atom. The number of carbonyl (C=O) groups is 1. The number of nitrogens with two attached hydrogens (primary N) is 1. The van der Waals surface area contributed by atoms with Crippen LogP contribution >= 0.6 is 0 Å². The third-order valence-electron chi connectivity index (χ3n) is 1.40. The minimum atomic E-state index is -1.54. The lowest BCUT2D eigenvalue weighted by Gasteiger charge is -2.00. The smallest absolute Gasteiger partial charge is 0.449 e. The van der Waals surface area contributed by atoms with Crippen LogP contribution in [0.3, 0.4) is 0 Å². The second-order valence-corrected chi connectivity index (χ2v) is 2.35. The predicted octanol–water partition coefficient (Wildman–Crippen LogP) is 1.23. The van der Waals surface area contributed by atoms with Crippen molar-refractivity contribution in [2.24, 2.45) is 0 Å². The molecule has 3 N–H and O–H groups in total. The van der Waals surface area contributed by atoms with Gasteiger partial charge in [-0.25, -0.2) is 4.79 Å². The zero-order valence-electron chi connectivity index (χ0n) is 6.84. The number of nitro benzene ring substituents is 1. The molecule has 0 aliphatic rings. The van der Waals surface area contributed by atoms with Crippen LogP contribution in [0.1, 0.15) is 0 Å². The van der Waals surface area contributed by atoms with Gasteiger partial charge in [0.25, 0.3) is 5.69 Å². The summed E-state index contributed by atoms with van der Waals surface area (Å²) in [6, 6.07) is 3.39. The number of carboxylic acid groups (broad SMARTS) is 1. The summed E-state index contributed by atoms with van der Waals surface area (Å²) in [7, 11) is 0. The van der Waals surface area contributed by atoms with E-state index in [0.29, 0.717) is 0 Å². The third-order valence-corrected chi connectivity index (χ3v) is 1.40. The van der Waals surface area contributed by atoms with E-state index in [-0.39, 0.29) is 17.1 Å². The van der Waals surface area contributed by atoms with E-state index in [0.717, 1.165) is 6.07 Å². The zero-order valence-corrected chi connectivity index (χ0v) is 6.84. The van der Waals surface area contributed by atoms with Crippen molar-refractivity contribution < 1.29 is 19.6 Å². The van der Waals surface area contributed by atoms with Crippen molar-refractivity contribution in [3.05, 3.63) is 28.3 Å². The molecule has 0 saturated carbocycles. The topological polar surface area (TPSA) is 116 Å². The molecule has 0 aliphatic heterocycles. The highest BCUT2D eigenvalue weighted by Gasteiger charge is 2.13. The molecule has 0 heterocycles. The van der Waals surface area contributed by atoms with E-state index in [1.165, 1.54) is 12.1 Å². The molecule has 0 bridgehead atoms. The number of ether oxygens (including phenoxy) is 1. The van der Waals surface area contributed by atoms with Gasteiger partial charge in [0.2, 0.25) is 0 Å². The number of nitrogen functional groups attached to an aromatic ring is 1. The van der Waals surface area contributed by atoms with E-state index in [4.69, 9.17) is 10.8 Å². The fourth-order valence-corrected chi connectivity index (χ4v) is 0.846. The molecule has 0 unspecified atom stereocenters. The van der Waals surface area contributed by atoms with Crippen LogP contribution in [0, 0.1) is 10.1 Å². The molecule has 1 rings (SSSR count). The molecular weight excluding hydrogens is 192 g/mol. The molecule has 74 valence electrons. The number of hydrogen-bond donors (Lipinski definition) is 2. The Bertz CT molecular complexity index is 390. The first-order valence-corrected chi connectivity index (χ1v) is 3.45. The van der Waals surface area contributed by atoms with Gasteiger partial charge in [0.15, 0.2) is 0 Å². The predicted molar refractivity (Wildman–Crippen MR) is 46.2 cm³/mol. The van der Waals surface area contributed by atoms with Crippen LogP contribution in [0.5, 0.6) is 5.75 Å². The fourth-order valence-electron chi connectivity index (χ4n) is 0.846. The lowest BCUT2D eigenvalue weighted by atomic mass is 10.2. The average molecular weight is 198 g/mol. The molecule has 0 spiro atoms. The van der Waals surface area contributed by atoms with E-state index in [1.54, 1.807) is 0 Å². The van der Waals surface area contributed by atoms with Gasteiger partial charge in [-0.3, -0.25) is 10.1 Å². The molecule has 0 atom stereocenters. The highest BCUT2D eigenvalue weighted by Crippen LogP contribution is 2.26. The first-order valence-electron chi connectivity index (χ1n) is 3.45. The maximum atomic E-state index is 10.4. The van der Waals surface area contributed by atoms with Crippen LogP contribution in [0.2, 0.25) is 0 Å². The van der Waals surface area contributed by atoms with Crippen LogP contribution in [0.15, 0.2) is 18.2 Å². The minimum Gasteiger partial charge on any atom is -0.449 e. The molecular formula is C7H6N2O5. The molecule has 7 nitrogen and oxygen atoms in total. The Labute approximate surface area is 77.9 Å². The molecule has 0 aromatic heterocycles. The molecule has 7 heteroatoms. The van der Waals surface area contributed by atoms with E-state index < -0.39 is 11.1 Å². The average Bonchev–Trinajstić information content (AvgIpc) is 2.07. The maximum absolute atomic E-state index is 10.4. The summed E-state index contributed by atoms with van der Waals surface area (Å²) in [6.45, 7) is 0. The quantitative estimate of drug-likeness (QED) is 0.243. The largest absolute Gasteiger partial charge is 0.511 e. The summed E-state index contributed by atoms with van der Waals surface area (Å²) >= 11 is 0. The second-order valence-electron chi connectivity index (χ2n) is 2.35. The van der Waals surface area contributed by atoms with Gasteiger partial charge in [-0.05, 0) is 12.1 Å². The lowest BCUT2D eigenvalue weighted by Crippen LogP contribution is -2.04. The van der Waals surface area contributed by atoms with Crippen molar-refractivity contribution in [3.8, 4) is 5.75 Å². The second kappa shape index (κ2) is 3.60. The Morgan fingerprint density at radius 3 is 2.71 bits per heavy atom. The molecule has 0 saturated heterocycles. The monoisotopic (exact) mass is 198 g/mol. The zero-order chi connectivity index (χ0) is 10.7. The highest BCUT2D eigenvalue weighted by molar-refractivity contribution is 5.65. The van der Waals surface area contributed by atoms with Crippen molar-refractivity contribution in [2.45, 2.75) is 0 Å². The Morgan fingerprint density at radius 2 is 2.21 bits per heavy atom. The van der Waals surface area contributed by atoms with E-state index >= 15 is 0 Å². The van der Waals surface area contributed by atoms with Gasteiger partial charge >= 0.3 is 6.16 Å². The normalized spacial score (nSPS) is 9.43. The van der Waals surface area contributed by atoms with Crippen molar-refractivity contribution >= 4 is 17.5 Å². The third kappa shape index (κ3) is 2.09. The molecule has 0 aliphatic carbocycles. The summed E-state index contributed by atoms with van der Waals surface area (Å²) in [4.78, 5) is 19.8. The lowest BCUT2D eigenvalue weighted by molar-refractivity contribution is -0.383. The summed E-state index contributed by atoms with van der Waals surface area (Å²) in [5.74, 6) is -0.140. The van der Waals surface area contributed by atoms with Gasteiger partial charge < -0.3 is 15.6 Å². The van der Waals surface area contributed by atoms with Gasteiger partial charge in [-0.1, -0.05) is 0 Å². The number of benzene rings is 1. The fraction of sp³-hybridized carbons (Fsp3) is 0. The van der Waals surface area contributed by atoms with E-state index in [1.807, 2.05) is 0 Å². The minimum absolute atomic E-state index is 0.0484. The van der Waals surface area contributed by atoms with E-state index in [9.17, 15) is 14.9 Å². The first kappa shape index (κ1) is 9.78. The van der Waals surface area contributed by atoms with Crippen LogP contribution in [-0.2, 0) is 0 Å². The number of hydrogen-bond acceptors (Lipinski definition) is 5. The first-order chi connectivity index (χ1) is 6.50. The highest BCUT2D eigenvalue weighted by atomic mass is 16.7. The Hall–Kier alpha value is -2.31. The summed E-state index contributed by atoms with van der Waals surface area (Å²) in [6.07, 6.45) is -1.54. The van der Waals surface area contributed by atoms with Gasteiger partial charge in [0.05, 0.1) is 11.0 Å². The van der Waals surface area contributed by atoms with Gasteiger partial charge in [-0.15, -0.1) is 0 Å². The summed E-state index contributed by atoms with van der Waals surface area (Å²) < 4.78 is 4.22. The van der Waals surface area contributed by atoms with Crippen LogP contribution in [0.25, 0.3) is 0 Å². The van der Waals surface area contributed by atoms with Crippen molar-refractivity contribution in [3.63, 3.8) is 0 Å². The van der Waals surface area contributed by atoms with Gasteiger partial charge in [0.1, 0.15) is 11.4 Å². The Balaban J connectivity index is 3.06. The van der Waals surface area contributed by atoms with Crippen LogP contribution in [-0.4, -0.2) is 16.2 Å². The van der Waals surface area contributed by atoms with Gasteiger partial charge in [0, 0.05) is 0 Å². The molecule has 1 aromatic rings. The molecule has 14 heavy (non-hydrogen) atoms. The van der Waals surface area contributed by atoms with E-state index in [2.05, 4.69) is 4.74 Å².